The van der Waals surface area contributed by atoms with Crippen LogP contribution in [0.25, 0.3) is 0 Å². The van der Waals surface area contributed by atoms with Crippen molar-refractivity contribution in [1.82, 2.24) is 4.90 Å². The topological polar surface area (TPSA) is 29.5 Å². The van der Waals surface area contributed by atoms with Crippen molar-refractivity contribution in [2.45, 2.75) is 33.1 Å². The minimum atomic E-state index is 0.241. The van der Waals surface area contributed by atoms with Gasteiger partial charge in [0.25, 0.3) is 0 Å². The van der Waals surface area contributed by atoms with E-state index in [1.54, 1.807) is 7.11 Å². The normalized spacial score (nSPS) is 10.2. The number of rotatable bonds is 7. The Labute approximate surface area is 110 Å². The van der Waals surface area contributed by atoms with Crippen LogP contribution in [0.5, 0.6) is 5.75 Å². The van der Waals surface area contributed by atoms with Crippen LogP contribution in [0.1, 0.15) is 32.3 Å². The van der Waals surface area contributed by atoms with E-state index in [0.29, 0.717) is 6.42 Å². The fourth-order valence-electron chi connectivity index (χ4n) is 1.91. The van der Waals surface area contributed by atoms with E-state index in [9.17, 15) is 4.79 Å². The molecule has 3 nitrogen and oxygen atoms in total. The lowest BCUT2D eigenvalue weighted by molar-refractivity contribution is -0.130. The Morgan fingerprint density at radius 3 is 2.33 bits per heavy atom. The predicted octanol–water partition coefficient (Wildman–Crippen LogP) is 2.89. The van der Waals surface area contributed by atoms with E-state index in [4.69, 9.17) is 4.74 Å². The lowest BCUT2D eigenvalue weighted by Gasteiger charge is -2.21. The van der Waals surface area contributed by atoms with Crippen LogP contribution in [-0.2, 0) is 11.2 Å². The number of benzene rings is 1. The molecule has 0 aliphatic rings. The number of amides is 1. The molecule has 0 aliphatic carbocycles. The van der Waals surface area contributed by atoms with Crippen LogP contribution in [0.4, 0.5) is 0 Å². The molecule has 1 aromatic carbocycles. The highest BCUT2D eigenvalue weighted by molar-refractivity contribution is 5.75. The summed E-state index contributed by atoms with van der Waals surface area (Å²) in [5.41, 5.74) is 1.24. The standard InChI is InChI=1S/C15H23NO2/c1-4-11-16(15(17)5-2)12-10-13-6-8-14(18-3)9-7-13/h6-9H,4-5,10-12H2,1-3H3. The van der Waals surface area contributed by atoms with Crippen molar-refractivity contribution in [2.24, 2.45) is 0 Å². The van der Waals surface area contributed by atoms with Crippen LogP contribution in [-0.4, -0.2) is 31.0 Å². The van der Waals surface area contributed by atoms with Crippen LogP contribution in [0.15, 0.2) is 24.3 Å². The molecule has 1 amide bonds. The second-order valence-electron chi connectivity index (χ2n) is 4.33. The lowest BCUT2D eigenvalue weighted by atomic mass is 10.1. The molecule has 0 aromatic heterocycles. The smallest absolute Gasteiger partial charge is 0.222 e. The average Bonchev–Trinajstić information content (AvgIpc) is 2.43. The van der Waals surface area contributed by atoms with Crippen LogP contribution >= 0.6 is 0 Å². The van der Waals surface area contributed by atoms with E-state index in [2.05, 4.69) is 19.1 Å². The molecule has 0 saturated carbocycles. The number of methoxy groups -OCH3 is 1. The van der Waals surface area contributed by atoms with Gasteiger partial charge in [-0.2, -0.15) is 0 Å². The maximum absolute atomic E-state index is 11.7. The van der Waals surface area contributed by atoms with Crippen molar-refractivity contribution >= 4 is 5.91 Å². The Kier molecular flexibility index (Phi) is 6.26. The van der Waals surface area contributed by atoms with E-state index >= 15 is 0 Å². The quantitative estimate of drug-likeness (QED) is 0.743. The van der Waals surface area contributed by atoms with Gasteiger partial charge in [-0.3, -0.25) is 4.79 Å². The van der Waals surface area contributed by atoms with Crippen LogP contribution in [0.2, 0.25) is 0 Å². The zero-order valence-electron chi connectivity index (χ0n) is 11.6. The van der Waals surface area contributed by atoms with Crippen molar-refractivity contribution in [3.63, 3.8) is 0 Å². The van der Waals surface area contributed by atoms with E-state index in [1.807, 2.05) is 24.0 Å². The summed E-state index contributed by atoms with van der Waals surface area (Å²) in [6.07, 6.45) is 2.49. The monoisotopic (exact) mass is 249 g/mol. The lowest BCUT2D eigenvalue weighted by Crippen LogP contribution is -2.33. The van der Waals surface area contributed by atoms with E-state index < -0.39 is 0 Å². The molecule has 0 unspecified atom stereocenters. The Bertz CT molecular complexity index is 359. The molecule has 0 heterocycles. The minimum Gasteiger partial charge on any atom is -0.497 e. The predicted molar refractivity (Wildman–Crippen MR) is 73.9 cm³/mol. The molecule has 0 atom stereocenters. The molecule has 1 aromatic rings. The van der Waals surface area contributed by atoms with Crippen molar-refractivity contribution in [2.75, 3.05) is 20.2 Å². The van der Waals surface area contributed by atoms with Crippen molar-refractivity contribution < 1.29 is 9.53 Å². The number of hydrogen-bond acceptors (Lipinski definition) is 2. The Hall–Kier alpha value is -1.51. The summed E-state index contributed by atoms with van der Waals surface area (Å²) < 4.78 is 5.12. The summed E-state index contributed by atoms with van der Waals surface area (Å²) in [5.74, 6) is 1.11. The Morgan fingerprint density at radius 1 is 1.17 bits per heavy atom. The highest BCUT2D eigenvalue weighted by Crippen LogP contribution is 2.12. The maximum Gasteiger partial charge on any atom is 0.222 e. The number of hydrogen-bond donors (Lipinski definition) is 0. The molecular weight excluding hydrogens is 226 g/mol. The first-order chi connectivity index (χ1) is 8.71. The fourth-order valence-corrected chi connectivity index (χ4v) is 1.91. The third-order valence-electron chi connectivity index (χ3n) is 2.98. The number of nitrogens with zero attached hydrogens (tertiary/aromatic N) is 1. The largest absolute Gasteiger partial charge is 0.497 e. The zero-order chi connectivity index (χ0) is 13.4. The molecule has 100 valence electrons. The molecule has 0 N–H and O–H groups in total. The average molecular weight is 249 g/mol. The summed E-state index contributed by atoms with van der Waals surface area (Å²) in [6.45, 7) is 5.66. The van der Waals surface area contributed by atoms with Crippen LogP contribution in [0.3, 0.4) is 0 Å². The molecule has 0 aliphatic heterocycles. The molecule has 0 saturated heterocycles. The van der Waals surface area contributed by atoms with Gasteiger partial charge >= 0.3 is 0 Å². The third kappa shape index (κ3) is 4.40. The van der Waals surface area contributed by atoms with Crippen LogP contribution in [0, 0.1) is 0 Å². The number of carbonyl (C=O) groups excluding carboxylic acids is 1. The molecule has 1 rings (SSSR count). The van der Waals surface area contributed by atoms with Crippen molar-refractivity contribution in [1.29, 1.82) is 0 Å². The summed E-state index contributed by atoms with van der Waals surface area (Å²) in [7, 11) is 1.66. The first-order valence-corrected chi connectivity index (χ1v) is 6.62. The van der Waals surface area contributed by atoms with E-state index in [0.717, 1.165) is 31.7 Å². The highest BCUT2D eigenvalue weighted by Gasteiger charge is 2.09. The molecule has 0 radical (unpaired) electrons. The fraction of sp³-hybridized carbons (Fsp3) is 0.533. The van der Waals surface area contributed by atoms with Crippen molar-refractivity contribution in [3.05, 3.63) is 29.8 Å². The van der Waals surface area contributed by atoms with Gasteiger partial charge in [0, 0.05) is 19.5 Å². The molecule has 3 heteroatoms. The summed E-state index contributed by atoms with van der Waals surface area (Å²) in [5, 5.41) is 0. The minimum absolute atomic E-state index is 0.241. The second kappa shape index (κ2) is 7.75. The molecule has 0 fully saturated rings. The van der Waals surface area contributed by atoms with Gasteiger partial charge in [-0.25, -0.2) is 0 Å². The zero-order valence-corrected chi connectivity index (χ0v) is 11.6. The summed E-state index contributed by atoms with van der Waals surface area (Å²) >= 11 is 0. The van der Waals surface area contributed by atoms with Gasteiger partial charge in [-0.05, 0) is 30.5 Å². The van der Waals surface area contributed by atoms with Crippen LogP contribution < -0.4 is 4.74 Å². The first kappa shape index (κ1) is 14.6. The number of ether oxygens (including phenoxy) is 1. The SMILES string of the molecule is CCCN(CCc1ccc(OC)cc1)C(=O)CC. The molecule has 0 spiro atoms. The Balaban J connectivity index is 2.52. The Morgan fingerprint density at radius 2 is 1.83 bits per heavy atom. The molecule has 0 bridgehead atoms. The van der Waals surface area contributed by atoms with Gasteiger partial charge in [0.2, 0.25) is 5.91 Å². The second-order valence-corrected chi connectivity index (χ2v) is 4.33. The number of carbonyl (C=O) groups is 1. The maximum atomic E-state index is 11.7. The van der Waals surface area contributed by atoms with Gasteiger partial charge in [-0.1, -0.05) is 26.0 Å². The van der Waals surface area contributed by atoms with Gasteiger partial charge in [-0.15, -0.1) is 0 Å². The van der Waals surface area contributed by atoms with E-state index in [-0.39, 0.29) is 5.91 Å². The highest BCUT2D eigenvalue weighted by atomic mass is 16.5. The summed E-state index contributed by atoms with van der Waals surface area (Å²) in [6, 6.07) is 8.03. The van der Waals surface area contributed by atoms with Gasteiger partial charge in [0.15, 0.2) is 0 Å². The van der Waals surface area contributed by atoms with Gasteiger partial charge in [0.05, 0.1) is 7.11 Å². The van der Waals surface area contributed by atoms with Gasteiger partial charge < -0.3 is 9.64 Å². The molecular formula is C15H23NO2. The molecule has 18 heavy (non-hydrogen) atoms. The van der Waals surface area contributed by atoms with E-state index in [1.165, 1.54) is 5.56 Å². The van der Waals surface area contributed by atoms with Gasteiger partial charge in [0.1, 0.15) is 5.75 Å². The van der Waals surface area contributed by atoms with Crippen molar-refractivity contribution in [3.8, 4) is 5.75 Å². The third-order valence-corrected chi connectivity index (χ3v) is 2.98. The first-order valence-electron chi connectivity index (χ1n) is 6.62. The summed E-state index contributed by atoms with van der Waals surface area (Å²) in [4.78, 5) is 13.7.